The first-order chi connectivity index (χ1) is 10.5. The molecule has 2 aromatic rings. The van der Waals surface area contributed by atoms with E-state index in [9.17, 15) is 9.59 Å². The molecule has 22 heavy (non-hydrogen) atoms. The number of aryl methyl sites for hydroxylation is 1. The minimum atomic E-state index is -0.483. The number of carbonyl (C=O) groups is 2. The molecule has 1 aliphatic rings. The summed E-state index contributed by atoms with van der Waals surface area (Å²) in [5.41, 5.74) is 7.33. The van der Waals surface area contributed by atoms with Crippen LogP contribution in [-0.2, 0) is 19.9 Å². The van der Waals surface area contributed by atoms with Crippen LogP contribution in [0.5, 0.6) is 0 Å². The molecule has 3 N–H and O–H groups in total. The minimum absolute atomic E-state index is 0.317. The summed E-state index contributed by atoms with van der Waals surface area (Å²) in [4.78, 5) is 25.2. The monoisotopic (exact) mass is 318 g/mol. The molecule has 6 nitrogen and oxygen atoms in total. The first-order valence-electron chi connectivity index (χ1n) is 7.21. The minimum Gasteiger partial charge on any atom is -0.365 e. The van der Waals surface area contributed by atoms with Gasteiger partial charge in [0.05, 0.1) is 5.56 Å². The Bertz CT molecular complexity index is 747. The second-order valence-corrected chi connectivity index (χ2v) is 6.85. The lowest BCUT2D eigenvalue weighted by Gasteiger charge is -2.18. The van der Waals surface area contributed by atoms with Gasteiger partial charge < -0.3 is 11.1 Å². The zero-order valence-electron chi connectivity index (χ0n) is 12.5. The van der Waals surface area contributed by atoms with E-state index in [4.69, 9.17) is 5.73 Å². The van der Waals surface area contributed by atoms with Crippen molar-refractivity contribution in [3.05, 3.63) is 34.0 Å². The molecule has 0 saturated heterocycles. The third-order valence-electron chi connectivity index (χ3n) is 3.93. The summed E-state index contributed by atoms with van der Waals surface area (Å²) in [5, 5.41) is 7.41. The Balaban J connectivity index is 1.93. The molecule has 2 aromatic heterocycles. The SMILES string of the molecule is C[C@@H]1CCc2c(sc(NC(=O)c3ccn(C)n3)c2C(N)=O)C1. The molecule has 7 heteroatoms. The Labute approximate surface area is 132 Å². The van der Waals surface area contributed by atoms with Crippen molar-refractivity contribution in [2.45, 2.75) is 26.2 Å². The van der Waals surface area contributed by atoms with E-state index in [1.165, 1.54) is 11.3 Å². The highest BCUT2D eigenvalue weighted by atomic mass is 32.1. The van der Waals surface area contributed by atoms with Gasteiger partial charge in [-0.2, -0.15) is 5.10 Å². The number of nitrogens with zero attached hydrogens (tertiary/aromatic N) is 2. The smallest absolute Gasteiger partial charge is 0.276 e. The molecule has 0 unspecified atom stereocenters. The zero-order chi connectivity index (χ0) is 15.9. The molecule has 1 atom stereocenters. The fraction of sp³-hybridized carbons (Fsp3) is 0.400. The highest BCUT2D eigenvalue weighted by Crippen LogP contribution is 2.39. The third kappa shape index (κ3) is 2.64. The Kier molecular flexibility index (Phi) is 3.74. The number of primary amides is 1. The summed E-state index contributed by atoms with van der Waals surface area (Å²) in [5.74, 6) is -0.218. The summed E-state index contributed by atoms with van der Waals surface area (Å²) in [6.07, 6.45) is 4.51. The maximum Gasteiger partial charge on any atom is 0.276 e. The van der Waals surface area contributed by atoms with Crippen molar-refractivity contribution in [3.63, 3.8) is 0 Å². The van der Waals surface area contributed by atoms with E-state index in [0.29, 0.717) is 22.2 Å². The number of aromatic nitrogens is 2. The van der Waals surface area contributed by atoms with Crippen LogP contribution < -0.4 is 11.1 Å². The summed E-state index contributed by atoms with van der Waals surface area (Å²) < 4.78 is 1.56. The maximum atomic E-state index is 12.2. The molecule has 0 fully saturated rings. The number of amides is 2. The predicted molar refractivity (Wildman–Crippen MR) is 85.2 cm³/mol. The fourth-order valence-electron chi connectivity index (χ4n) is 2.80. The first-order valence-corrected chi connectivity index (χ1v) is 8.02. The van der Waals surface area contributed by atoms with E-state index >= 15 is 0 Å². The fourth-order valence-corrected chi connectivity index (χ4v) is 4.21. The van der Waals surface area contributed by atoms with Gasteiger partial charge in [-0.3, -0.25) is 14.3 Å². The van der Waals surface area contributed by atoms with Gasteiger partial charge in [-0.05, 0) is 36.8 Å². The standard InChI is InChI=1S/C15H18N4O2S/c1-8-3-4-9-11(7-8)22-15(12(9)13(16)20)17-14(21)10-5-6-19(2)18-10/h5-6,8H,3-4,7H2,1-2H3,(H2,16,20)(H,17,21)/t8-/m1/s1. The summed E-state index contributed by atoms with van der Waals surface area (Å²) in [6, 6.07) is 1.63. The molecule has 116 valence electrons. The van der Waals surface area contributed by atoms with E-state index in [1.54, 1.807) is 24.0 Å². The van der Waals surface area contributed by atoms with Crippen LogP contribution in [-0.4, -0.2) is 21.6 Å². The summed E-state index contributed by atoms with van der Waals surface area (Å²) in [6.45, 7) is 2.19. The van der Waals surface area contributed by atoms with Crippen molar-refractivity contribution < 1.29 is 9.59 Å². The van der Waals surface area contributed by atoms with Crippen molar-refractivity contribution in [1.82, 2.24) is 9.78 Å². The third-order valence-corrected chi connectivity index (χ3v) is 5.10. The van der Waals surface area contributed by atoms with E-state index in [-0.39, 0.29) is 5.91 Å². The van der Waals surface area contributed by atoms with E-state index < -0.39 is 5.91 Å². The maximum absolute atomic E-state index is 12.2. The second-order valence-electron chi connectivity index (χ2n) is 5.75. The molecule has 0 radical (unpaired) electrons. The number of carbonyl (C=O) groups excluding carboxylic acids is 2. The Morgan fingerprint density at radius 3 is 2.91 bits per heavy atom. The predicted octanol–water partition coefficient (Wildman–Crippen LogP) is 1.96. The van der Waals surface area contributed by atoms with Crippen molar-refractivity contribution in [2.24, 2.45) is 18.7 Å². The molecule has 3 rings (SSSR count). The van der Waals surface area contributed by atoms with E-state index in [0.717, 1.165) is 29.7 Å². The quantitative estimate of drug-likeness (QED) is 0.906. The van der Waals surface area contributed by atoms with Crippen LogP contribution in [0.25, 0.3) is 0 Å². The van der Waals surface area contributed by atoms with Gasteiger partial charge in [0.2, 0.25) is 0 Å². The van der Waals surface area contributed by atoms with Crippen LogP contribution >= 0.6 is 11.3 Å². The average Bonchev–Trinajstić information content (AvgIpc) is 3.01. The van der Waals surface area contributed by atoms with Crippen LogP contribution in [0.4, 0.5) is 5.00 Å². The number of nitrogens with one attached hydrogen (secondary N) is 1. The van der Waals surface area contributed by atoms with Gasteiger partial charge in [-0.1, -0.05) is 6.92 Å². The molecule has 2 amide bonds. The molecule has 0 spiro atoms. The normalized spacial score (nSPS) is 17.1. The number of hydrogen-bond acceptors (Lipinski definition) is 4. The van der Waals surface area contributed by atoms with Gasteiger partial charge in [-0.15, -0.1) is 11.3 Å². The number of rotatable bonds is 3. The second kappa shape index (κ2) is 5.57. The molecular weight excluding hydrogens is 300 g/mol. The van der Waals surface area contributed by atoms with Crippen LogP contribution in [0, 0.1) is 5.92 Å². The Hall–Kier alpha value is -2.15. The summed E-state index contributed by atoms with van der Waals surface area (Å²) >= 11 is 1.46. The molecule has 1 aliphatic carbocycles. The topological polar surface area (TPSA) is 90.0 Å². The Morgan fingerprint density at radius 2 is 2.27 bits per heavy atom. The van der Waals surface area contributed by atoms with Crippen molar-refractivity contribution >= 4 is 28.2 Å². The van der Waals surface area contributed by atoms with Gasteiger partial charge in [-0.25, -0.2) is 0 Å². The Morgan fingerprint density at radius 1 is 1.50 bits per heavy atom. The number of hydrogen-bond donors (Lipinski definition) is 2. The van der Waals surface area contributed by atoms with E-state index in [1.807, 2.05) is 0 Å². The lowest BCUT2D eigenvalue weighted by molar-refractivity contribution is 0.1000. The average molecular weight is 318 g/mol. The highest BCUT2D eigenvalue weighted by Gasteiger charge is 2.27. The molecule has 0 saturated carbocycles. The van der Waals surface area contributed by atoms with Crippen molar-refractivity contribution in [1.29, 1.82) is 0 Å². The van der Waals surface area contributed by atoms with Crippen LogP contribution in [0.3, 0.4) is 0 Å². The van der Waals surface area contributed by atoms with Crippen LogP contribution in [0.1, 0.15) is 44.6 Å². The van der Waals surface area contributed by atoms with Crippen LogP contribution in [0.2, 0.25) is 0 Å². The number of fused-ring (bicyclic) bond motifs is 1. The number of thiophene rings is 1. The first kappa shape index (κ1) is 14.8. The molecule has 0 bridgehead atoms. The van der Waals surface area contributed by atoms with Gasteiger partial charge in [0.15, 0.2) is 5.69 Å². The van der Waals surface area contributed by atoms with Gasteiger partial charge in [0.1, 0.15) is 5.00 Å². The van der Waals surface area contributed by atoms with E-state index in [2.05, 4.69) is 17.3 Å². The summed E-state index contributed by atoms with van der Waals surface area (Å²) in [7, 11) is 1.75. The number of anilines is 1. The van der Waals surface area contributed by atoms with Gasteiger partial charge in [0.25, 0.3) is 11.8 Å². The van der Waals surface area contributed by atoms with Crippen molar-refractivity contribution in [3.8, 4) is 0 Å². The molecule has 0 aliphatic heterocycles. The van der Waals surface area contributed by atoms with Crippen LogP contribution in [0.15, 0.2) is 12.3 Å². The van der Waals surface area contributed by atoms with Gasteiger partial charge in [0, 0.05) is 18.1 Å². The lowest BCUT2D eigenvalue weighted by Crippen LogP contribution is -2.19. The molecule has 0 aromatic carbocycles. The zero-order valence-corrected chi connectivity index (χ0v) is 13.4. The van der Waals surface area contributed by atoms with Crippen molar-refractivity contribution in [2.75, 3.05) is 5.32 Å². The molecule has 2 heterocycles. The number of nitrogens with two attached hydrogens (primary N) is 1. The highest BCUT2D eigenvalue weighted by molar-refractivity contribution is 7.17. The lowest BCUT2D eigenvalue weighted by atomic mass is 9.88. The molecular formula is C15H18N4O2S. The van der Waals surface area contributed by atoms with Gasteiger partial charge >= 0.3 is 0 Å². The largest absolute Gasteiger partial charge is 0.365 e.